The van der Waals surface area contributed by atoms with Crippen molar-refractivity contribution < 1.29 is 6.22 Å². The van der Waals surface area contributed by atoms with Crippen LogP contribution in [0.4, 0.5) is 0 Å². The van der Waals surface area contributed by atoms with Gasteiger partial charge in [0.15, 0.2) is 0 Å². The summed E-state index contributed by atoms with van der Waals surface area (Å²) in [6.07, 6.45) is 5.45. The summed E-state index contributed by atoms with van der Waals surface area (Å²) < 4.78 is 0. The molecule has 0 atom stereocenters. The third-order valence-corrected chi connectivity index (χ3v) is 1.96. The first-order valence-electron chi connectivity index (χ1n) is 4.87. The number of unbranched alkanes of at least 4 members (excludes halogenated alkanes) is 2. The molecule has 0 aliphatic carbocycles. The highest BCUT2D eigenvalue weighted by Gasteiger charge is 1.98. The molecule has 0 saturated heterocycles. The SMILES string of the molecule is CNC(=O)CCCCCC(C)C.[HH]. The third-order valence-electron chi connectivity index (χ3n) is 1.96. The summed E-state index contributed by atoms with van der Waals surface area (Å²) >= 11 is 0. The summed E-state index contributed by atoms with van der Waals surface area (Å²) in [5.41, 5.74) is 0. The Morgan fingerprint density at radius 1 is 1.33 bits per heavy atom. The van der Waals surface area contributed by atoms with Crippen molar-refractivity contribution in [3.8, 4) is 0 Å². The average molecular weight is 173 g/mol. The van der Waals surface area contributed by atoms with Crippen molar-refractivity contribution in [3.05, 3.63) is 0 Å². The number of rotatable bonds is 6. The van der Waals surface area contributed by atoms with Gasteiger partial charge in [0.05, 0.1) is 0 Å². The van der Waals surface area contributed by atoms with Gasteiger partial charge in [-0.2, -0.15) is 0 Å². The lowest BCUT2D eigenvalue weighted by atomic mass is 10.0. The van der Waals surface area contributed by atoms with Crippen molar-refractivity contribution in [1.82, 2.24) is 5.32 Å². The predicted molar refractivity (Wildman–Crippen MR) is 54.1 cm³/mol. The molecule has 0 spiro atoms. The Hall–Kier alpha value is -0.530. The van der Waals surface area contributed by atoms with Crippen LogP contribution in [0.2, 0.25) is 0 Å². The van der Waals surface area contributed by atoms with E-state index in [1.54, 1.807) is 7.05 Å². The zero-order valence-electron chi connectivity index (χ0n) is 8.52. The number of nitrogens with one attached hydrogen (secondary N) is 1. The molecule has 1 amide bonds. The van der Waals surface area contributed by atoms with Crippen LogP contribution < -0.4 is 5.32 Å². The fourth-order valence-electron chi connectivity index (χ4n) is 1.14. The van der Waals surface area contributed by atoms with Gasteiger partial charge in [0, 0.05) is 14.9 Å². The molecule has 0 bridgehead atoms. The Balaban J connectivity index is 0. The van der Waals surface area contributed by atoms with Gasteiger partial charge in [-0.15, -0.1) is 0 Å². The standard InChI is InChI=1S/C10H21NO.H2/c1-9(2)7-5-4-6-8-10(12)11-3;/h9H,4-8H2,1-3H3,(H,11,12);1H. The fourth-order valence-corrected chi connectivity index (χ4v) is 1.14. The van der Waals surface area contributed by atoms with Crippen LogP contribution in [-0.2, 0) is 4.79 Å². The number of hydrogen-bond donors (Lipinski definition) is 1. The van der Waals surface area contributed by atoms with Crippen LogP contribution >= 0.6 is 0 Å². The minimum atomic E-state index is 0. The largest absolute Gasteiger partial charge is 0.359 e. The second kappa shape index (κ2) is 7.14. The maximum absolute atomic E-state index is 10.8. The molecular weight excluding hydrogens is 150 g/mol. The van der Waals surface area contributed by atoms with E-state index in [0.717, 1.165) is 12.3 Å². The van der Waals surface area contributed by atoms with Crippen molar-refractivity contribution in [3.63, 3.8) is 0 Å². The van der Waals surface area contributed by atoms with Gasteiger partial charge in [0.1, 0.15) is 0 Å². The summed E-state index contributed by atoms with van der Waals surface area (Å²) in [6.45, 7) is 4.47. The van der Waals surface area contributed by atoms with Crippen molar-refractivity contribution in [2.75, 3.05) is 7.05 Å². The highest BCUT2D eigenvalue weighted by Crippen LogP contribution is 2.08. The van der Waals surface area contributed by atoms with Crippen LogP contribution in [0, 0.1) is 5.92 Å². The Morgan fingerprint density at radius 3 is 2.50 bits per heavy atom. The van der Waals surface area contributed by atoms with Crippen molar-refractivity contribution >= 4 is 5.91 Å². The molecule has 12 heavy (non-hydrogen) atoms. The van der Waals surface area contributed by atoms with E-state index in [2.05, 4.69) is 19.2 Å². The molecule has 0 saturated carbocycles. The van der Waals surface area contributed by atoms with Crippen molar-refractivity contribution in [2.45, 2.75) is 46.0 Å². The minimum Gasteiger partial charge on any atom is -0.359 e. The van der Waals surface area contributed by atoms with E-state index >= 15 is 0 Å². The van der Waals surface area contributed by atoms with Gasteiger partial charge in [0.25, 0.3) is 0 Å². The van der Waals surface area contributed by atoms with Crippen LogP contribution in [0.1, 0.15) is 47.4 Å². The van der Waals surface area contributed by atoms with Gasteiger partial charge >= 0.3 is 0 Å². The maximum Gasteiger partial charge on any atom is 0.219 e. The third kappa shape index (κ3) is 7.58. The first-order valence-corrected chi connectivity index (χ1v) is 4.87. The van der Waals surface area contributed by atoms with Crippen molar-refractivity contribution in [1.29, 1.82) is 0 Å². The highest BCUT2D eigenvalue weighted by atomic mass is 16.1. The topological polar surface area (TPSA) is 29.1 Å². The van der Waals surface area contributed by atoms with E-state index in [9.17, 15) is 4.79 Å². The lowest BCUT2D eigenvalue weighted by Gasteiger charge is -2.03. The van der Waals surface area contributed by atoms with Gasteiger partial charge < -0.3 is 5.32 Å². The van der Waals surface area contributed by atoms with Gasteiger partial charge in [-0.1, -0.05) is 33.1 Å². The highest BCUT2D eigenvalue weighted by molar-refractivity contribution is 5.75. The van der Waals surface area contributed by atoms with E-state index in [1.807, 2.05) is 0 Å². The molecule has 74 valence electrons. The average Bonchev–Trinajstić information content (AvgIpc) is 2.03. The molecule has 0 aromatic heterocycles. The molecule has 0 rings (SSSR count). The number of carbonyl (C=O) groups is 1. The van der Waals surface area contributed by atoms with Gasteiger partial charge in [-0.3, -0.25) is 4.79 Å². The first kappa shape index (κ1) is 11.5. The van der Waals surface area contributed by atoms with E-state index in [4.69, 9.17) is 0 Å². The Bertz CT molecular complexity index is 126. The zero-order chi connectivity index (χ0) is 9.40. The normalized spacial score (nSPS) is 10.3. The molecule has 2 heteroatoms. The molecule has 0 unspecified atom stereocenters. The second-order valence-corrected chi connectivity index (χ2v) is 3.67. The van der Waals surface area contributed by atoms with Gasteiger partial charge in [0.2, 0.25) is 5.91 Å². The lowest BCUT2D eigenvalue weighted by Crippen LogP contribution is -2.16. The summed E-state index contributed by atoms with van der Waals surface area (Å²) in [4.78, 5) is 10.8. The molecule has 0 fully saturated rings. The minimum absolute atomic E-state index is 0. The molecule has 0 radical (unpaired) electrons. The Kier molecular flexibility index (Phi) is 6.82. The summed E-state index contributed by atoms with van der Waals surface area (Å²) in [5.74, 6) is 0.963. The molecule has 0 aromatic carbocycles. The zero-order valence-corrected chi connectivity index (χ0v) is 8.52. The number of hydrogen-bond acceptors (Lipinski definition) is 1. The second-order valence-electron chi connectivity index (χ2n) is 3.67. The van der Waals surface area contributed by atoms with Crippen molar-refractivity contribution in [2.24, 2.45) is 5.92 Å². The monoisotopic (exact) mass is 173 g/mol. The van der Waals surface area contributed by atoms with Gasteiger partial charge in [-0.25, -0.2) is 0 Å². The Labute approximate surface area is 77.2 Å². The van der Waals surface area contributed by atoms with E-state index < -0.39 is 0 Å². The fraction of sp³-hybridized carbons (Fsp3) is 0.900. The Morgan fingerprint density at radius 2 is 2.00 bits per heavy atom. The predicted octanol–water partition coefficient (Wildman–Crippen LogP) is 2.58. The van der Waals surface area contributed by atoms with Crippen LogP contribution in [-0.4, -0.2) is 13.0 Å². The number of carbonyl (C=O) groups excluding carboxylic acids is 1. The summed E-state index contributed by atoms with van der Waals surface area (Å²) in [5, 5.41) is 2.63. The van der Waals surface area contributed by atoms with Crippen LogP contribution in [0.25, 0.3) is 0 Å². The first-order chi connectivity index (χ1) is 5.66. The molecule has 2 nitrogen and oxygen atoms in total. The van der Waals surface area contributed by atoms with E-state index in [-0.39, 0.29) is 7.33 Å². The summed E-state index contributed by atoms with van der Waals surface area (Å²) in [6, 6.07) is 0. The lowest BCUT2D eigenvalue weighted by molar-refractivity contribution is -0.120. The maximum atomic E-state index is 10.8. The van der Waals surface area contributed by atoms with Crippen LogP contribution in [0.15, 0.2) is 0 Å². The van der Waals surface area contributed by atoms with E-state index in [0.29, 0.717) is 6.42 Å². The molecule has 0 aliphatic rings. The molecule has 0 aliphatic heterocycles. The van der Waals surface area contributed by atoms with Gasteiger partial charge in [-0.05, 0) is 12.3 Å². The smallest absolute Gasteiger partial charge is 0.219 e. The number of amides is 1. The summed E-state index contributed by atoms with van der Waals surface area (Å²) in [7, 11) is 1.69. The van der Waals surface area contributed by atoms with E-state index in [1.165, 1.54) is 19.3 Å². The molecule has 1 N–H and O–H groups in total. The van der Waals surface area contributed by atoms with Crippen LogP contribution in [0.3, 0.4) is 0 Å². The quantitative estimate of drug-likeness (QED) is 0.615. The molecule has 0 aromatic rings. The van der Waals surface area contributed by atoms with Crippen LogP contribution in [0.5, 0.6) is 0 Å². The molecule has 0 heterocycles. The molecular formula is C10H23NO.